The first kappa shape index (κ1) is 16.2. The lowest BCUT2D eigenvalue weighted by Gasteiger charge is -2.61. The number of fused-ring (bicyclic) bond motifs is 7. The van der Waals surface area contributed by atoms with Crippen molar-refractivity contribution in [1.29, 1.82) is 0 Å². The highest BCUT2D eigenvalue weighted by atomic mass is 16.3. The Morgan fingerprint density at radius 2 is 1.62 bits per heavy atom. The Bertz CT molecular complexity index is 498. The van der Waals surface area contributed by atoms with Crippen molar-refractivity contribution in [3.8, 4) is 0 Å². The SMILES string of the molecule is CC1CCC2C(CCC3C2CCC2(C)C(C(C)O)CC4CC4C32)C1. The van der Waals surface area contributed by atoms with Crippen LogP contribution >= 0.6 is 0 Å². The molecule has 0 saturated heterocycles. The van der Waals surface area contributed by atoms with Gasteiger partial charge in [0, 0.05) is 0 Å². The molecule has 0 bridgehead atoms. The maximum absolute atomic E-state index is 10.5. The summed E-state index contributed by atoms with van der Waals surface area (Å²) in [6.45, 7) is 7.17. The molecule has 136 valence electrons. The van der Waals surface area contributed by atoms with Crippen molar-refractivity contribution in [2.45, 2.75) is 84.7 Å². The molecule has 11 unspecified atom stereocenters. The highest BCUT2D eigenvalue weighted by molar-refractivity contribution is 5.13. The largest absolute Gasteiger partial charge is 0.393 e. The molecule has 0 spiro atoms. The minimum absolute atomic E-state index is 0.0949. The fourth-order valence-electron chi connectivity index (χ4n) is 8.93. The lowest BCUT2D eigenvalue weighted by molar-refractivity contribution is -0.136. The van der Waals surface area contributed by atoms with Crippen molar-refractivity contribution < 1.29 is 5.11 Å². The smallest absolute Gasteiger partial charge is 0.0545 e. The van der Waals surface area contributed by atoms with Gasteiger partial charge in [0.05, 0.1) is 6.10 Å². The van der Waals surface area contributed by atoms with Gasteiger partial charge in [-0.15, -0.1) is 0 Å². The van der Waals surface area contributed by atoms with E-state index in [4.69, 9.17) is 0 Å². The van der Waals surface area contributed by atoms with Crippen LogP contribution in [0.5, 0.6) is 0 Å². The maximum atomic E-state index is 10.5. The number of rotatable bonds is 1. The topological polar surface area (TPSA) is 20.2 Å². The number of aliphatic hydroxyl groups excluding tert-OH is 1. The van der Waals surface area contributed by atoms with Gasteiger partial charge >= 0.3 is 0 Å². The van der Waals surface area contributed by atoms with Crippen molar-refractivity contribution in [3.63, 3.8) is 0 Å². The standard InChI is InChI=1S/C23H38O/c1-13-4-6-17-15(10-13)5-7-19-18(17)8-9-23(3)21(14(2)24)12-16-11-20(16)22(19)23/h13-22,24H,4-12H2,1-3H3. The molecule has 5 aliphatic rings. The second-order valence-electron chi connectivity index (χ2n) is 11.1. The zero-order valence-electron chi connectivity index (χ0n) is 16.1. The van der Waals surface area contributed by atoms with Gasteiger partial charge in [0.25, 0.3) is 0 Å². The second-order valence-corrected chi connectivity index (χ2v) is 11.1. The maximum Gasteiger partial charge on any atom is 0.0545 e. The van der Waals surface area contributed by atoms with E-state index in [1.807, 2.05) is 0 Å². The quantitative estimate of drug-likeness (QED) is 0.671. The minimum Gasteiger partial charge on any atom is -0.393 e. The second kappa shape index (κ2) is 5.48. The summed E-state index contributed by atoms with van der Waals surface area (Å²) in [4.78, 5) is 0. The molecule has 0 aromatic carbocycles. The van der Waals surface area contributed by atoms with Crippen LogP contribution in [0.25, 0.3) is 0 Å². The summed E-state index contributed by atoms with van der Waals surface area (Å²) in [5, 5.41) is 10.5. The van der Waals surface area contributed by atoms with E-state index in [0.717, 1.165) is 47.3 Å². The first-order valence-electron chi connectivity index (χ1n) is 11.2. The third kappa shape index (κ3) is 2.22. The van der Waals surface area contributed by atoms with Gasteiger partial charge < -0.3 is 5.11 Å². The Labute approximate surface area is 149 Å². The Morgan fingerprint density at radius 1 is 0.833 bits per heavy atom. The molecule has 0 aliphatic heterocycles. The van der Waals surface area contributed by atoms with Crippen molar-refractivity contribution in [2.75, 3.05) is 0 Å². The minimum atomic E-state index is -0.0949. The first-order chi connectivity index (χ1) is 11.5. The molecule has 0 amide bonds. The monoisotopic (exact) mass is 330 g/mol. The van der Waals surface area contributed by atoms with Crippen LogP contribution in [0.1, 0.15) is 78.6 Å². The number of aliphatic hydroxyl groups is 1. The molecular formula is C23H38O. The van der Waals surface area contributed by atoms with Crippen LogP contribution in [-0.2, 0) is 0 Å². The summed E-state index contributed by atoms with van der Waals surface area (Å²) >= 11 is 0. The molecule has 24 heavy (non-hydrogen) atoms. The number of hydrogen-bond acceptors (Lipinski definition) is 1. The van der Waals surface area contributed by atoms with Crippen LogP contribution in [0.15, 0.2) is 0 Å². The van der Waals surface area contributed by atoms with E-state index >= 15 is 0 Å². The van der Waals surface area contributed by atoms with E-state index in [1.54, 1.807) is 0 Å². The third-order valence-corrected chi connectivity index (χ3v) is 9.94. The molecule has 5 saturated carbocycles. The van der Waals surface area contributed by atoms with Gasteiger partial charge in [0.2, 0.25) is 0 Å². The van der Waals surface area contributed by atoms with Crippen LogP contribution in [0.3, 0.4) is 0 Å². The Balaban J connectivity index is 1.44. The summed E-state index contributed by atoms with van der Waals surface area (Å²) in [5.74, 6) is 8.71. The van der Waals surface area contributed by atoms with Crippen molar-refractivity contribution in [2.24, 2.45) is 58.7 Å². The van der Waals surface area contributed by atoms with Crippen LogP contribution in [-0.4, -0.2) is 11.2 Å². The van der Waals surface area contributed by atoms with E-state index in [0.29, 0.717) is 11.3 Å². The van der Waals surface area contributed by atoms with E-state index in [2.05, 4.69) is 20.8 Å². The van der Waals surface area contributed by atoms with E-state index in [1.165, 1.54) is 57.8 Å². The summed E-state index contributed by atoms with van der Waals surface area (Å²) in [6, 6.07) is 0. The Hall–Kier alpha value is -0.0400. The van der Waals surface area contributed by atoms with Gasteiger partial charge in [0.15, 0.2) is 0 Å². The molecular weight excluding hydrogens is 292 g/mol. The summed E-state index contributed by atoms with van der Waals surface area (Å²) < 4.78 is 0. The van der Waals surface area contributed by atoms with Crippen molar-refractivity contribution >= 4 is 0 Å². The van der Waals surface area contributed by atoms with Crippen LogP contribution in [0, 0.1) is 58.7 Å². The molecule has 0 aromatic rings. The van der Waals surface area contributed by atoms with E-state index in [9.17, 15) is 5.11 Å². The van der Waals surface area contributed by atoms with E-state index in [-0.39, 0.29) is 6.10 Å². The van der Waals surface area contributed by atoms with Gasteiger partial charge in [-0.1, -0.05) is 20.3 Å². The Kier molecular flexibility index (Phi) is 3.69. The third-order valence-electron chi connectivity index (χ3n) is 9.94. The molecule has 5 fully saturated rings. The molecule has 1 heteroatoms. The number of hydrogen-bond donors (Lipinski definition) is 1. The highest BCUT2D eigenvalue weighted by Gasteiger charge is 2.64. The molecule has 0 aromatic heterocycles. The first-order valence-corrected chi connectivity index (χ1v) is 11.2. The predicted molar refractivity (Wildman–Crippen MR) is 98.4 cm³/mol. The molecule has 1 nitrogen and oxygen atoms in total. The molecule has 0 radical (unpaired) electrons. The molecule has 5 aliphatic carbocycles. The zero-order chi connectivity index (χ0) is 16.6. The van der Waals surface area contributed by atoms with Crippen molar-refractivity contribution in [3.05, 3.63) is 0 Å². The fourth-order valence-corrected chi connectivity index (χ4v) is 8.93. The summed E-state index contributed by atoms with van der Waals surface area (Å²) in [7, 11) is 0. The lowest BCUT2D eigenvalue weighted by Crippen LogP contribution is -2.55. The van der Waals surface area contributed by atoms with Crippen LogP contribution < -0.4 is 0 Å². The van der Waals surface area contributed by atoms with Crippen molar-refractivity contribution in [1.82, 2.24) is 0 Å². The Morgan fingerprint density at radius 3 is 2.42 bits per heavy atom. The van der Waals surface area contributed by atoms with Gasteiger partial charge in [-0.2, -0.15) is 0 Å². The van der Waals surface area contributed by atoms with Crippen LogP contribution in [0.4, 0.5) is 0 Å². The van der Waals surface area contributed by atoms with Gasteiger partial charge in [0.1, 0.15) is 0 Å². The van der Waals surface area contributed by atoms with Gasteiger partial charge in [-0.3, -0.25) is 0 Å². The van der Waals surface area contributed by atoms with Gasteiger partial charge in [-0.25, -0.2) is 0 Å². The molecule has 0 heterocycles. The van der Waals surface area contributed by atoms with Gasteiger partial charge in [-0.05, 0) is 117 Å². The lowest BCUT2D eigenvalue weighted by atomic mass is 9.44. The average molecular weight is 331 g/mol. The summed E-state index contributed by atoms with van der Waals surface area (Å²) in [5.41, 5.74) is 0.446. The highest BCUT2D eigenvalue weighted by Crippen LogP contribution is 2.71. The normalized spacial score (nSPS) is 60.2. The predicted octanol–water partition coefficient (Wildman–Crippen LogP) is 5.52. The zero-order valence-corrected chi connectivity index (χ0v) is 16.1. The fraction of sp³-hybridized carbons (Fsp3) is 1.00. The van der Waals surface area contributed by atoms with Crippen LogP contribution in [0.2, 0.25) is 0 Å². The van der Waals surface area contributed by atoms with E-state index < -0.39 is 0 Å². The molecule has 11 atom stereocenters. The molecule has 5 rings (SSSR count). The summed E-state index contributed by atoms with van der Waals surface area (Å²) in [6.07, 6.45) is 13.2. The average Bonchev–Trinajstić information content (AvgIpc) is 3.31. The molecule has 1 N–H and O–H groups in total.